The van der Waals surface area contributed by atoms with Crippen molar-refractivity contribution in [3.05, 3.63) is 114 Å². The van der Waals surface area contributed by atoms with Gasteiger partial charge in [0.25, 0.3) is 0 Å². The molecule has 0 radical (unpaired) electrons. The molecule has 36 heavy (non-hydrogen) atoms. The van der Waals surface area contributed by atoms with Gasteiger partial charge in [-0.1, -0.05) is 81.4 Å². The fourth-order valence-electron chi connectivity index (χ4n) is 4.91. The summed E-state index contributed by atoms with van der Waals surface area (Å²) in [6.07, 6.45) is 0. The molecule has 1 aromatic heterocycles. The van der Waals surface area contributed by atoms with Gasteiger partial charge in [0, 0.05) is 16.5 Å². The van der Waals surface area contributed by atoms with Crippen LogP contribution in [0.15, 0.2) is 96.0 Å². The van der Waals surface area contributed by atoms with E-state index in [9.17, 15) is 9.18 Å². The van der Waals surface area contributed by atoms with Gasteiger partial charge in [-0.2, -0.15) is 0 Å². The first-order valence-corrected chi connectivity index (χ1v) is 12.1. The maximum atomic E-state index is 14.0. The van der Waals surface area contributed by atoms with E-state index in [1.54, 1.807) is 6.07 Å². The number of aromatic amines is 1. The Labute approximate surface area is 209 Å². The zero-order valence-corrected chi connectivity index (χ0v) is 20.4. The van der Waals surface area contributed by atoms with Gasteiger partial charge >= 0.3 is 0 Å². The van der Waals surface area contributed by atoms with Crippen LogP contribution in [0.5, 0.6) is 0 Å². The van der Waals surface area contributed by atoms with Crippen molar-refractivity contribution in [1.82, 2.24) is 4.98 Å². The number of nitrogens with zero attached hydrogens (tertiary/aromatic N) is 1. The summed E-state index contributed by atoms with van der Waals surface area (Å²) in [6, 6.07) is 29.0. The van der Waals surface area contributed by atoms with Gasteiger partial charge in [-0.05, 0) is 52.4 Å². The monoisotopic (exact) mass is 472 g/mol. The predicted octanol–water partition coefficient (Wildman–Crippen LogP) is 8.26. The molecule has 4 aromatic carbocycles. The Morgan fingerprint density at radius 2 is 1.44 bits per heavy atom. The Morgan fingerprint density at radius 1 is 0.778 bits per heavy atom. The Bertz CT molecular complexity index is 1670. The normalized spacial score (nSPS) is 13.2. The third-order valence-corrected chi connectivity index (χ3v) is 6.80. The van der Waals surface area contributed by atoms with Gasteiger partial charge in [-0.15, -0.1) is 0 Å². The van der Waals surface area contributed by atoms with Crippen LogP contribution in [0.4, 0.5) is 10.1 Å². The molecule has 0 aliphatic carbocycles. The second-order valence-electron chi connectivity index (χ2n) is 10.3. The number of aliphatic imine (C=N–C) groups is 1. The highest BCUT2D eigenvalue weighted by Gasteiger charge is 2.30. The van der Waals surface area contributed by atoms with E-state index in [1.165, 1.54) is 12.1 Å². The highest BCUT2D eigenvalue weighted by atomic mass is 19.1. The van der Waals surface area contributed by atoms with E-state index < -0.39 is 5.82 Å². The lowest BCUT2D eigenvalue weighted by Crippen LogP contribution is -2.16. The number of benzene rings is 4. The maximum Gasteiger partial charge on any atom is 0.214 e. The summed E-state index contributed by atoms with van der Waals surface area (Å²) >= 11 is 0. The van der Waals surface area contributed by atoms with Gasteiger partial charge in [0.15, 0.2) is 0 Å². The predicted molar refractivity (Wildman–Crippen MR) is 145 cm³/mol. The zero-order valence-electron chi connectivity index (χ0n) is 20.4. The topological polar surface area (TPSA) is 45.2 Å². The smallest absolute Gasteiger partial charge is 0.214 e. The quantitative estimate of drug-likeness (QED) is 0.282. The van der Waals surface area contributed by atoms with E-state index in [0.29, 0.717) is 17.0 Å². The molecule has 0 saturated carbocycles. The van der Waals surface area contributed by atoms with Gasteiger partial charge in [0.05, 0.1) is 22.5 Å². The fraction of sp³-hybridized carbons (Fsp3) is 0.125. The summed E-state index contributed by atoms with van der Waals surface area (Å²) in [7, 11) is 0. The summed E-state index contributed by atoms with van der Waals surface area (Å²) in [4.78, 5) is 21.8. The minimum absolute atomic E-state index is 0.164. The number of H-pyrrole nitrogens is 1. The number of Topliss-reactive ketones (excluding diaryl/α,β-unsaturated/α-hetero) is 1. The first-order valence-electron chi connectivity index (χ1n) is 12.1. The Balaban J connectivity index is 1.70. The van der Waals surface area contributed by atoms with Crippen LogP contribution in [-0.4, -0.2) is 16.5 Å². The number of fused-ring (bicyclic) bond motifs is 2. The zero-order chi connectivity index (χ0) is 25.0. The summed E-state index contributed by atoms with van der Waals surface area (Å²) in [5.41, 5.74) is 7.87. The molecule has 0 bridgehead atoms. The van der Waals surface area contributed by atoms with E-state index in [0.717, 1.165) is 44.4 Å². The number of rotatable bonds is 3. The van der Waals surface area contributed by atoms with Crippen LogP contribution in [0.25, 0.3) is 33.3 Å². The lowest BCUT2D eigenvalue weighted by Gasteiger charge is -2.21. The molecule has 176 valence electrons. The summed E-state index contributed by atoms with van der Waals surface area (Å²) in [5.74, 6) is -0.696. The average molecular weight is 473 g/mol. The molecule has 0 unspecified atom stereocenters. The number of halogens is 1. The van der Waals surface area contributed by atoms with Crippen LogP contribution in [0.2, 0.25) is 0 Å². The van der Waals surface area contributed by atoms with E-state index in [4.69, 9.17) is 0 Å². The first kappa shape index (κ1) is 22.2. The summed E-state index contributed by atoms with van der Waals surface area (Å²) in [5, 5.41) is 1.03. The van der Waals surface area contributed by atoms with Crippen LogP contribution in [0.1, 0.15) is 42.3 Å². The number of carbonyl (C=O) groups excluding carboxylic acids is 1. The van der Waals surface area contributed by atoms with Gasteiger partial charge in [0.1, 0.15) is 11.5 Å². The van der Waals surface area contributed by atoms with Crippen LogP contribution in [0, 0.1) is 5.82 Å². The third kappa shape index (κ3) is 3.57. The number of hydrogen-bond donors (Lipinski definition) is 1. The van der Waals surface area contributed by atoms with Crippen molar-refractivity contribution in [2.75, 3.05) is 0 Å². The van der Waals surface area contributed by atoms with Crippen LogP contribution < -0.4 is 0 Å². The molecule has 0 fully saturated rings. The van der Waals surface area contributed by atoms with E-state index in [2.05, 4.69) is 67.1 Å². The molecule has 0 amide bonds. The Hall–Kier alpha value is -4.31. The molecular formula is C32H25FN2O. The number of aromatic nitrogens is 1. The molecule has 3 nitrogen and oxygen atoms in total. The summed E-state index contributed by atoms with van der Waals surface area (Å²) < 4.78 is 14.0. The van der Waals surface area contributed by atoms with Gasteiger partial charge in [-0.3, -0.25) is 4.79 Å². The molecule has 5 aromatic rings. The van der Waals surface area contributed by atoms with Crippen molar-refractivity contribution in [3.8, 4) is 22.4 Å². The molecule has 2 heterocycles. The lowest BCUT2D eigenvalue weighted by atomic mass is 9.83. The van der Waals surface area contributed by atoms with E-state index >= 15 is 0 Å². The second-order valence-corrected chi connectivity index (χ2v) is 10.3. The van der Waals surface area contributed by atoms with Gasteiger partial charge in [-0.25, -0.2) is 9.38 Å². The highest BCUT2D eigenvalue weighted by Crippen LogP contribution is 2.42. The minimum Gasteiger partial charge on any atom is -0.353 e. The average Bonchev–Trinajstić information content (AvgIpc) is 3.42. The van der Waals surface area contributed by atoms with E-state index in [1.807, 2.05) is 36.4 Å². The van der Waals surface area contributed by atoms with Crippen molar-refractivity contribution in [2.45, 2.75) is 26.2 Å². The molecule has 0 atom stereocenters. The largest absolute Gasteiger partial charge is 0.353 e. The van der Waals surface area contributed by atoms with E-state index in [-0.39, 0.29) is 11.2 Å². The number of nitrogens with one attached hydrogen (secondary N) is 1. The van der Waals surface area contributed by atoms with Crippen LogP contribution >= 0.6 is 0 Å². The molecule has 1 aliphatic rings. The molecule has 1 N–H and O–H groups in total. The van der Waals surface area contributed by atoms with Crippen LogP contribution in [0.3, 0.4) is 0 Å². The number of hydrogen-bond acceptors (Lipinski definition) is 2. The van der Waals surface area contributed by atoms with Crippen molar-refractivity contribution in [2.24, 2.45) is 4.99 Å². The lowest BCUT2D eigenvalue weighted by molar-refractivity contribution is 0.107. The van der Waals surface area contributed by atoms with Crippen molar-refractivity contribution >= 4 is 28.1 Å². The maximum absolute atomic E-state index is 14.0. The second kappa shape index (κ2) is 8.13. The van der Waals surface area contributed by atoms with Gasteiger partial charge in [0.2, 0.25) is 5.78 Å². The molecule has 1 aliphatic heterocycles. The molecule has 4 heteroatoms. The SMILES string of the molecule is CC(C)(C)c1cc(C2=Nc3ccc(F)cc3C2=O)c2[nH]c(-c3ccccc3)c(-c3ccccc3)c2c1. The first-order chi connectivity index (χ1) is 17.3. The van der Waals surface area contributed by atoms with Crippen molar-refractivity contribution in [3.63, 3.8) is 0 Å². The number of carbonyl (C=O) groups is 1. The van der Waals surface area contributed by atoms with Crippen molar-refractivity contribution < 1.29 is 9.18 Å². The molecule has 0 saturated heterocycles. The van der Waals surface area contributed by atoms with Gasteiger partial charge < -0.3 is 4.98 Å². The molecule has 0 spiro atoms. The summed E-state index contributed by atoms with van der Waals surface area (Å²) in [6.45, 7) is 6.48. The fourth-order valence-corrected chi connectivity index (χ4v) is 4.91. The standard InChI is InChI=1S/C32H25FN2O/c1-32(2,3)21-16-24-27(19-10-6-4-7-11-19)28(20-12-8-5-9-13-20)35-29(24)25(17-21)30-31(36)23-18-22(33)14-15-26(23)34-30/h4-18,35H,1-3H3. The van der Waals surface area contributed by atoms with Crippen molar-refractivity contribution in [1.29, 1.82) is 0 Å². The minimum atomic E-state index is -0.440. The highest BCUT2D eigenvalue weighted by molar-refractivity contribution is 6.56. The Morgan fingerprint density at radius 3 is 2.11 bits per heavy atom. The Kier molecular flexibility index (Phi) is 5.01. The molecule has 6 rings (SSSR count). The third-order valence-electron chi connectivity index (χ3n) is 6.80. The van der Waals surface area contributed by atoms with Crippen LogP contribution in [-0.2, 0) is 5.41 Å². The molecular weight excluding hydrogens is 447 g/mol. The number of ketones is 1.